The van der Waals surface area contributed by atoms with E-state index in [4.69, 9.17) is 9.47 Å². The van der Waals surface area contributed by atoms with Gasteiger partial charge in [0, 0.05) is 12.8 Å². The second-order valence-corrected chi connectivity index (χ2v) is 13.6. The van der Waals surface area contributed by atoms with Crippen molar-refractivity contribution >= 4 is 12.6 Å². The molecule has 0 amide bonds. The van der Waals surface area contributed by atoms with Crippen LogP contribution < -0.4 is 0 Å². The fraction of sp³-hybridized carbons (Fsp3) is 0.805. The van der Waals surface area contributed by atoms with E-state index in [1.54, 1.807) is 0 Å². The number of thiol groups is 1. The van der Waals surface area contributed by atoms with Crippen molar-refractivity contribution in [3.05, 3.63) is 48.6 Å². The maximum Gasteiger partial charge on any atom is 0.168 e. The molecular formula is C41H74O2S. The Morgan fingerprint density at radius 2 is 0.886 bits per heavy atom. The SMILES string of the molecule is CCCCC/C=C\CCCC/C=C\CCCCCC1(CCCCC/C=C\CCCC/C=C\CCCCS)OCC(CCC)O1. The first-order chi connectivity index (χ1) is 21.8. The van der Waals surface area contributed by atoms with E-state index in [0.717, 1.165) is 31.6 Å². The van der Waals surface area contributed by atoms with Gasteiger partial charge in [0.25, 0.3) is 0 Å². The smallest absolute Gasteiger partial charge is 0.168 e. The minimum atomic E-state index is -0.309. The summed E-state index contributed by atoms with van der Waals surface area (Å²) in [7, 11) is 0. The van der Waals surface area contributed by atoms with Gasteiger partial charge in [-0.1, -0.05) is 94.6 Å². The highest BCUT2D eigenvalue weighted by Crippen LogP contribution is 2.35. The van der Waals surface area contributed by atoms with Crippen LogP contribution in [-0.2, 0) is 9.47 Å². The van der Waals surface area contributed by atoms with Crippen LogP contribution in [0.4, 0.5) is 0 Å². The molecule has 0 bridgehead atoms. The molecule has 256 valence electrons. The molecule has 0 saturated carbocycles. The Bertz CT molecular complexity index is 661. The lowest BCUT2D eigenvalue weighted by molar-refractivity contribution is -0.179. The van der Waals surface area contributed by atoms with Crippen molar-refractivity contribution in [3.63, 3.8) is 0 Å². The summed E-state index contributed by atoms with van der Waals surface area (Å²) in [6, 6.07) is 0. The lowest BCUT2D eigenvalue weighted by Crippen LogP contribution is -2.31. The summed E-state index contributed by atoms with van der Waals surface area (Å²) in [6.45, 7) is 5.32. The highest BCUT2D eigenvalue weighted by atomic mass is 32.1. The molecule has 1 rings (SSSR count). The Morgan fingerprint density at radius 1 is 0.500 bits per heavy atom. The van der Waals surface area contributed by atoms with Crippen molar-refractivity contribution < 1.29 is 9.47 Å². The number of rotatable bonds is 32. The molecule has 3 heteroatoms. The van der Waals surface area contributed by atoms with E-state index in [9.17, 15) is 0 Å². The molecule has 0 aromatic rings. The van der Waals surface area contributed by atoms with Crippen LogP contribution >= 0.6 is 12.6 Å². The van der Waals surface area contributed by atoms with Crippen LogP contribution in [0.1, 0.15) is 187 Å². The molecule has 2 unspecified atom stereocenters. The predicted molar refractivity (Wildman–Crippen MR) is 200 cm³/mol. The zero-order valence-corrected chi connectivity index (χ0v) is 30.4. The fourth-order valence-corrected chi connectivity index (χ4v) is 6.24. The van der Waals surface area contributed by atoms with Gasteiger partial charge in [-0.15, -0.1) is 0 Å². The highest BCUT2D eigenvalue weighted by Gasteiger charge is 2.39. The van der Waals surface area contributed by atoms with Gasteiger partial charge < -0.3 is 9.47 Å². The number of ether oxygens (including phenoxy) is 2. The fourth-order valence-electron chi connectivity index (χ4n) is 6.01. The Labute approximate surface area is 281 Å². The van der Waals surface area contributed by atoms with E-state index in [1.165, 1.54) is 154 Å². The van der Waals surface area contributed by atoms with Crippen molar-refractivity contribution in [1.29, 1.82) is 0 Å². The summed E-state index contributed by atoms with van der Waals surface area (Å²) in [4.78, 5) is 0. The third-order valence-corrected chi connectivity index (χ3v) is 9.10. The molecule has 1 heterocycles. The second-order valence-electron chi connectivity index (χ2n) is 13.1. The molecule has 2 atom stereocenters. The molecular weight excluding hydrogens is 557 g/mol. The van der Waals surface area contributed by atoms with Crippen molar-refractivity contribution in [1.82, 2.24) is 0 Å². The van der Waals surface area contributed by atoms with E-state index in [1.807, 2.05) is 0 Å². The van der Waals surface area contributed by atoms with Crippen LogP contribution in [0.2, 0.25) is 0 Å². The van der Waals surface area contributed by atoms with Crippen LogP contribution in [0, 0.1) is 0 Å². The summed E-state index contributed by atoms with van der Waals surface area (Å²) in [5.41, 5.74) is 0. The summed E-state index contributed by atoms with van der Waals surface area (Å²) in [6.07, 6.45) is 53.0. The monoisotopic (exact) mass is 631 g/mol. The second kappa shape index (κ2) is 32.2. The molecule has 0 aromatic heterocycles. The predicted octanol–water partition coefficient (Wildman–Crippen LogP) is 13.8. The van der Waals surface area contributed by atoms with E-state index in [2.05, 4.69) is 75.1 Å². The molecule has 0 aromatic carbocycles. The molecule has 1 fully saturated rings. The van der Waals surface area contributed by atoms with Crippen LogP contribution in [0.15, 0.2) is 48.6 Å². The summed E-state index contributed by atoms with van der Waals surface area (Å²) in [5.74, 6) is 0.705. The van der Waals surface area contributed by atoms with Gasteiger partial charge in [-0.05, 0) is 134 Å². The first-order valence-corrected chi connectivity index (χ1v) is 19.9. The van der Waals surface area contributed by atoms with Crippen molar-refractivity contribution in [2.24, 2.45) is 0 Å². The lowest BCUT2D eigenvalue weighted by Gasteiger charge is -2.28. The molecule has 0 N–H and O–H groups in total. The van der Waals surface area contributed by atoms with Gasteiger partial charge >= 0.3 is 0 Å². The third kappa shape index (κ3) is 25.4. The van der Waals surface area contributed by atoms with Gasteiger partial charge in [-0.25, -0.2) is 0 Å². The van der Waals surface area contributed by atoms with Gasteiger partial charge in [0.2, 0.25) is 0 Å². The minimum absolute atomic E-state index is 0.302. The number of hydrogen-bond acceptors (Lipinski definition) is 3. The van der Waals surface area contributed by atoms with E-state index >= 15 is 0 Å². The van der Waals surface area contributed by atoms with Crippen molar-refractivity contribution in [2.45, 2.75) is 199 Å². The Morgan fingerprint density at radius 3 is 1.27 bits per heavy atom. The van der Waals surface area contributed by atoms with Crippen LogP contribution in [0.3, 0.4) is 0 Å². The molecule has 1 aliphatic rings. The molecule has 2 nitrogen and oxygen atoms in total. The quantitative estimate of drug-likeness (QED) is 0.0453. The van der Waals surface area contributed by atoms with Crippen LogP contribution in [0.5, 0.6) is 0 Å². The topological polar surface area (TPSA) is 18.5 Å². The first-order valence-electron chi connectivity index (χ1n) is 19.3. The standard InChI is InChI=1S/C41H74O2S/c1-3-5-6-7-8-9-10-11-12-14-17-20-23-26-29-32-36-41(42-39-40(43-41)35-4-2)37-33-30-27-24-21-18-15-13-16-19-22-25-28-31-34-38-44/h8-9,17-18,20-22,25,40,44H,3-7,10-16,19,23-24,26-39H2,1-2H3/b9-8-,20-17-,21-18-,25-22-. The van der Waals surface area contributed by atoms with Gasteiger partial charge in [-0.3, -0.25) is 0 Å². The molecule has 1 saturated heterocycles. The van der Waals surface area contributed by atoms with Crippen molar-refractivity contribution in [2.75, 3.05) is 12.4 Å². The summed E-state index contributed by atoms with van der Waals surface area (Å²) in [5, 5.41) is 0. The molecule has 0 spiro atoms. The van der Waals surface area contributed by atoms with Gasteiger partial charge in [0.1, 0.15) is 0 Å². The highest BCUT2D eigenvalue weighted by molar-refractivity contribution is 7.80. The lowest BCUT2D eigenvalue weighted by atomic mass is 9.99. The van der Waals surface area contributed by atoms with Gasteiger partial charge in [0.15, 0.2) is 5.79 Å². The van der Waals surface area contributed by atoms with Crippen molar-refractivity contribution in [3.8, 4) is 0 Å². The van der Waals surface area contributed by atoms with E-state index in [-0.39, 0.29) is 5.79 Å². The average molecular weight is 631 g/mol. The largest absolute Gasteiger partial charge is 0.347 e. The first kappa shape index (κ1) is 41.3. The summed E-state index contributed by atoms with van der Waals surface area (Å²) < 4.78 is 13.0. The molecule has 1 aliphatic heterocycles. The van der Waals surface area contributed by atoms with Gasteiger partial charge in [-0.2, -0.15) is 12.6 Å². The zero-order chi connectivity index (χ0) is 31.7. The van der Waals surface area contributed by atoms with Crippen LogP contribution in [0.25, 0.3) is 0 Å². The van der Waals surface area contributed by atoms with Crippen LogP contribution in [-0.4, -0.2) is 24.3 Å². The maximum atomic E-state index is 6.58. The van der Waals surface area contributed by atoms with E-state index in [0.29, 0.717) is 6.10 Å². The number of unbranched alkanes of at least 4 members (excludes halogenated alkanes) is 17. The zero-order valence-electron chi connectivity index (χ0n) is 29.5. The van der Waals surface area contributed by atoms with Gasteiger partial charge in [0.05, 0.1) is 12.7 Å². The minimum Gasteiger partial charge on any atom is -0.347 e. The Balaban J connectivity index is 2.10. The molecule has 0 radical (unpaired) electrons. The van der Waals surface area contributed by atoms with E-state index < -0.39 is 0 Å². The molecule has 0 aliphatic carbocycles. The third-order valence-electron chi connectivity index (χ3n) is 8.78. The normalized spacial score (nSPS) is 19.2. The molecule has 44 heavy (non-hydrogen) atoms. The maximum absolute atomic E-state index is 6.58. The number of allylic oxidation sites excluding steroid dienone is 8. The number of hydrogen-bond donors (Lipinski definition) is 1. The Hall–Kier alpha value is -0.770. The average Bonchev–Trinajstić information content (AvgIpc) is 3.43. The Kier molecular flexibility index (Phi) is 30.2. The summed E-state index contributed by atoms with van der Waals surface area (Å²) >= 11 is 4.27.